The Hall–Kier alpha value is -3.52. The van der Waals surface area contributed by atoms with Crippen LogP contribution in [0.3, 0.4) is 0 Å². The van der Waals surface area contributed by atoms with Gasteiger partial charge in [-0.25, -0.2) is 13.3 Å². The molecule has 2 aromatic carbocycles. The maximum atomic E-state index is 12.5. The largest absolute Gasteiger partial charge is 0.284 e. The van der Waals surface area contributed by atoms with E-state index < -0.39 is 21.8 Å². The molecule has 140 valence electrons. The smallest absolute Gasteiger partial charge is 0.280 e. The number of aryl methyl sites for hydroxylation is 1. The van der Waals surface area contributed by atoms with E-state index in [0.29, 0.717) is 11.4 Å². The normalized spacial score (nSPS) is 13.5. The minimum atomic E-state index is -3.74. The molecular weight excluding hydrogens is 378 g/mol. The summed E-state index contributed by atoms with van der Waals surface area (Å²) >= 11 is 0. The van der Waals surface area contributed by atoms with Crippen molar-refractivity contribution in [1.82, 2.24) is 4.98 Å². The van der Waals surface area contributed by atoms with Crippen molar-refractivity contribution < 1.29 is 18.0 Å². The molecule has 0 saturated heterocycles. The van der Waals surface area contributed by atoms with Crippen LogP contribution in [0.2, 0.25) is 0 Å². The molecule has 0 spiro atoms. The van der Waals surface area contributed by atoms with Crippen LogP contribution in [0, 0.1) is 6.92 Å². The van der Waals surface area contributed by atoms with Crippen LogP contribution in [0.4, 0.5) is 11.4 Å². The van der Waals surface area contributed by atoms with E-state index in [0.717, 1.165) is 10.5 Å². The zero-order valence-electron chi connectivity index (χ0n) is 14.8. The highest BCUT2D eigenvalue weighted by Gasteiger charge is 2.37. The first kappa shape index (κ1) is 17.9. The fourth-order valence-electron chi connectivity index (χ4n) is 2.98. The van der Waals surface area contributed by atoms with Gasteiger partial charge in [0.05, 0.1) is 16.1 Å². The Labute approximate surface area is 161 Å². The lowest BCUT2D eigenvalue weighted by Gasteiger charge is -2.14. The van der Waals surface area contributed by atoms with Gasteiger partial charge in [0.25, 0.3) is 21.8 Å². The van der Waals surface area contributed by atoms with Crippen molar-refractivity contribution in [1.29, 1.82) is 0 Å². The molecule has 0 fully saturated rings. The molecular formula is C20H15N3O4S. The highest BCUT2D eigenvalue weighted by Crippen LogP contribution is 2.28. The number of nitrogens with one attached hydrogen (secondary N) is 1. The number of sulfonamides is 1. The molecule has 1 aliphatic rings. The summed E-state index contributed by atoms with van der Waals surface area (Å²) in [4.78, 5) is 30.1. The number of benzene rings is 2. The molecule has 0 bridgehead atoms. The zero-order valence-corrected chi connectivity index (χ0v) is 15.6. The minimum Gasteiger partial charge on any atom is -0.280 e. The van der Waals surface area contributed by atoms with Gasteiger partial charge in [-0.1, -0.05) is 12.1 Å². The number of nitrogens with zero attached hydrogens (tertiary/aromatic N) is 2. The molecule has 8 heteroatoms. The number of carbonyl (C=O) groups is 2. The van der Waals surface area contributed by atoms with Gasteiger partial charge in [0, 0.05) is 11.9 Å². The van der Waals surface area contributed by atoms with E-state index in [1.54, 1.807) is 24.3 Å². The fraction of sp³-hybridized carbons (Fsp3) is 0.0500. The molecule has 7 nitrogen and oxygen atoms in total. The topological polar surface area (TPSA) is 96.4 Å². The Balaban J connectivity index is 1.59. The SMILES string of the molecule is Cc1cccc(S(=O)(=O)Nc2ccc(N3C(=O)c4cccnc4C3=O)cc2)c1. The maximum absolute atomic E-state index is 12.5. The molecule has 1 N–H and O–H groups in total. The number of aromatic nitrogens is 1. The Morgan fingerprint density at radius 2 is 1.68 bits per heavy atom. The van der Waals surface area contributed by atoms with E-state index in [1.165, 1.54) is 36.5 Å². The Kier molecular flexibility index (Phi) is 4.20. The second kappa shape index (κ2) is 6.58. The summed E-state index contributed by atoms with van der Waals surface area (Å²) in [5.74, 6) is -0.963. The number of pyridine rings is 1. The number of hydrogen-bond donors (Lipinski definition) is 1. The van der Waals surface area contributed by atoms with Gasteiger partial charge in [0.1, 0.15) is 5.69 Å². The third-order valence-corrected chi connectivity index (χ3v) is 5.70. The van der Waals surface area contributed by atoms with Gasteiger partial charge in [-0.05, 0) is 61.0 Å². The number of carbonyl (C=O) groups excluding carboxylic acids is 2. The average molecular weight is 393 g/mol. The molecule has 2 amide bonds. The molecule has 1 aliphatic heterocycles. The molecule has 4 rings (SSSR count). The molecule has 28 heavy (non-hydrogen) atoms. The Morgan fingerprint density at radius 3 is 2.36 bits per heavy atom. The lowest BCUT2D eigenvalue weighted by Crippen LogP contribution is -2.29. The zero-order chi connectivity index (χ0) is 19.9. The van der Waals surface area contributed by atoms with E-state index in [2.05, 4.69) is 9.71 Å². The number of fused-ring (bicyclic) bond motifs is 1. The highest BCUT2D eigenvalue weighted by atomic mass is 32.2. The Morgan fingerprint density at radius 1 is 0.929 bits per heavy atom. The minimum absolute atomic E-state index is 0.108. The summed E-state index contributed by atoms with van der Waals surface area (Å²) in [6.07, 6.45) is 1.46. The van der Waals surface area contributed by atoms with Gasteiger partial charge < -0.3 is 0 Å². The first-order valence-electron chi connectivity index (χ1n) is 8.40. The maximum Gasteiger partial charge on any atom is 0.284 e. The predicted octanol–water partition coefficient (Wildman–Crippen LogP) is 2.99. The van der Waals surface area contributed by atoms with Gasteiger partial charge in [-0.15, -0.1) is 0 Å². The van der Waals surface area contributed by atoms with Crippen LogP contribution in [0.25, 0.3) is 0 Å². The van der Waals surface area contributed by atoms with Gasteiger partial charge in [-0.2, -0.15) is 0 Å². The summed E-state index contributed by atoms with van der Waals surface area (Å²) in [6, 6.07) is 15.7. The molecule has 1 aromatic heterocycles. The van der Waals surface area contributed by atoms with Crippen LogP contribution in [0.5, 0.6) is 0 Å². The van der Waals surface area contributed by atoms with Crippen LogP contribution in [-0.2, 0) is 10.0 Å². The van der Waals surface area contributed by atoms with Gasteiger partial charge in [0.2, 0.25) is 0 Å². The van der Waals surface area contributed by atoms with E-state index in [4.69, 9.17) is 0 Å². The third-order valence-electron chi connectivity index (χ3n) is 4.32. The Bertz CT molecular complexity index is 1170. The first-order valence-corrected chi connectivity index (χ1v) is 9.88. The number of anilines is 2. The summed E-state index contributed by atoms with van der Waals surface area (Å²) in [6.45, 7) is 1.81. The molecule has 2 heterocycles. The van der Waals surface area contributed by atoms with Crippen molar-refractivity contribution >= 4 is 33.2 Å². The van der Waals surface area contributed by atoms with Crippen LogP contribution in [0.15, 0.2) is 71.8 Å². The van der Waals surface area contributed by atoms with Crippen molar-refractivity contribution in [3.05, 3.63) is 83.7 Å². The van der Waals surface area contributed by atoms with Gasteiger partial charge in [0.15, 0.2) is 0 Å². The quantitative estimate of drug-likeness (QED) is 0.688. The van der Waals surface area contributed by atoms with Crippen LogP contribution < -0.4 is 9.62 Å². The third kappa shape index (κ3) is 3.03. The van der Waals surface area contributed by atoms with Gasteiger partial charge >= 0.3 is 0 Å². The summed E-state index contributed by atoms with van der Waals surface area (Å²) < 4.78 is 27.5. The number of hydrogen-bond acceptors (Lipinski definition) is 5. The monoisotopic (exact) mass is 393 g/mol. The number of rotatable bonds is 4. The van der Waals surface area contributed by atoms with E-state index in [1.807, 2.05) is 13.0 Å². The molecule has 0 saturated carbocycles. The van der Waals surface area contributed by atoms with Crippen LogP contribution in [0.1, 0.15) is 26.4 Å². The predicted molar refractivity (Wildman–Crippen MR) is 104 cm³/mol. The van der Waals surface area contributed by atoms with Crippen molar-refractivity contribution in [2.24, 2.45) is 0 Å². The molecule has 3 aromatic rings. The second-order valence-corrected chi connectivity index (χ2v) is 8.00. The van der Waals surface area contributed by atoms with Crippen LogP contribution in [-0.4, -0.2) is 25.2 Å². The highest BCUT2D eigenvalue weighted by molar-refractivity contribution is 7.92. The second-order valence-electron chi connectivity index (χ2n) is 6.31. The van der Waals surface area contributed by atoms with Crippen LogP contribution >= 0.6 is 0 Å². The lowest BCUT2D eigenvalue weighted by molar-refractivity contribution is 0.0924. The molecule has 0 radical (unpaired) electrons. The van der Waals surface area contributed by atoms with Crippen molar-refractivity contribution in [2.75, 3.05) is 9.62 Å². The lowest BCUT2D eigenvalue weighted by atomic mass is 10.2. The summed E-state index contributed by atoms with van der Waals surface area (Å²) in [5, 5.41) is 0. The average Bonchev–Trinajstić information content (AvgIpc) is 2.93. The van der Waals surface area contributed by atoms with Crippen molar-refractivity contribution in [3.63, 3.8) is 0 Å². The number of amides is 2. The van der Waals surface area contributed by atoms with Crippen molar-refractivity contribution in [2.45, 2.75) is 11.8 Å². The first-order chi connectivity index (χ1) is 13.4. The summed E-state index contributed by atoms with van der Waals surface area (Å²) in [5.41, 5.74) is 1.84. The fourth-order valence-corrected chi connectivity index (χ4v) is 4.14. The van der Waals surface area contributed by atoms with E-state index >= 15 is 0 Å². The molecule has 0 aliphatic carbocycles. The number of imide groups is 1. The van der Waals surface area contributed by atoms with E-state index in [-0.39, 0.29) is 16.2 Å². The molecule has 0 unspecified atom stereocenters. The van der Waals surface area contributed by atoms with Crippen molar-refractivity contribution in [3.8, 4) is 0 Å². The summed E-state index contributed by atoms with van der Waals surface area (Å²) in [7, 11) is -3.74. The van der Waals surface area contributed by atoms with Gasteiger partial charge in [-0.3, -0.25) is 19.3 Å². The van der Waals surface area contributed by atoms with E-state index in [9.17, 15) is 18.0 Å². The standard InChI is InChI=1S/C20H15N3O4S/c1-13-4-2-5-16(12-13)28(26,27)22-14-7-9-15(10-8-14)23-19(24)17-6-3-11-21-18(17)20(23)25/h2-12,22H,1H3. The molecule has 0 atom stereocenters.